The quantitative estimate of drug-likeness (QED) is 0.774. The molecule has 3 heteroatoms. The Morgan fingerprint density at radius 2 is 2.38 bits per heavy atom. The lowest BCUT2D eigenvalue weighted by atomic mass is 9.93. The lowest BCUT2D eigenvalue weighted by molar-refractivity contribution is 0.142. The third-order valence-corrected chi connectivity index (χ3v) is 2.73. The molecule has 2 N–H and O–H groups in total. The van der Waals surface area contributed by atoms with Gasteiger partial charge in [-0.05, 0) is 30.4 Å². The van der Waals surface area contributed by atoms with Crippen LogP contribution in [0, 0.1) is 5.92 Å². The van der Waals surface area contributed by atoms with Gasteiger partial charge >= 0.3 is 0 Å². The molecule has 0 amide bonds. The van der Waals surface area contributed by atoms with Gasteiger partial charge in [0.2, 0.25) is 0 Å². The Morgan fingerprint density at radius 3 is 2.85 bits per heavy atom. The number of furan rings is 1. The fourth-order valence-corrected chi connectivity index (χ4v) is 1.72. The Morgan fingerprint density at radius 1 is 1.62 bits per heavy atom. The molecule has 2 nitrogen and oxygen atoms in total. The molecule has 0 saturated heterocycles. The molecule has 1 heterocycles. The molecule has 1 atom stereocenters. The van der Waals surface area contributed by atoms with Gasteiger partial charge in [-0.1, -0.05) is 0 Å². The van der Waals surface area contributed by atoms with E-state index < -0.39 is 5.67 Å². The molecule has 1 aliphatic carbocycles. The first-order valence-corrected chi connectivity index (χ1v) is 4.65. The van der Waals surface area contributed by atoms with Crippen molar-refractivity contribution in [1.82, 2.24) is 0 Å². The highest BCUT2D eigenvalue weighted by atomic mass is 19.1. The van der Waals surface area contributed by atoms with Crippen molar-refractivity contribution in [1.29, 1.82) is 0 Å². The van der Waals surface area contributed by atoms with Gasteiger partial charge in [0.25, 0.3) is 0 Å². The fraction of sp³-hybridized carbons (Fsp3) is 0.600. The minimum absolute atomic E-state index is 0.114. The van der Waals surface area contributed by atoms with Crippen molar-refractivity contribution >= 4 is 0 Å². The van der Waals surface area contributed by atoms with Gasteiger partial charge in [-0.25, -0.2) is 4.39 Å². The molecule has 1 unspecified atom stereocenters. The third-order valence-electron chi connectivity index (χ3n) is 2.73. The van der Waals surface area contributed by atoms with Crippen molar-refractivity contribution in [2.45, 2.75) is 24.9 Å². The van der Waals surface area contributed by atoms with E-state index in [-0.39, 0.29) is 12.5 Å². The summed E-state index contributed by atoms with van der Waals surface area (Å²) in [5.41, 5.74) is 5.16. The Kier molecular flexibility index (Phi) is 2.12. The van der Waals surface area contributed by atoms with Crippen LogP contribution in [0.15, 0.2) is 23.0 Å². The van der Waals surface area contributed by atoms with Crippen LogP contribution in [-0.4, -0.2) is 12.2 Å². The Bertz CT molecular complexity index is 268. The van der Waals surface area contributed by atoms with Crippen molar-refractivity contribution in [3.05, 3.63) is 24.2 Å². The SMILES string of the molecule is NCC(F)(Cc1ccoc1)C1CC1. The van der Waals surface area contributed by atoms with Crippen LogP contribution >= 0.6 is 0 Å². The number of rotatable bonds is 4. The molecule has 72 valence electrons. The average molecular weight is 183 g/mol. The van der Waals surface area contributed by atoms with E-state index in [0.29, 0.717) is 6.42 Å². The molecule has 1 aliphatic rings. The fourth-order valence-electron chi connectivity index (χ4n) is 1.72. The van der Waals surface area contributed by atoms with E-state index >= 15 is 0 Å². The van der Waals surface area contributed by atoms with Gasteiger partial charge in [0, 0.05) is 13.0 Å². The molecule has 0 aromatic carbocycles. The molecule has 0 radical (unpaired) electrons. The van der Waals surface area contributed by atoms with Gasteiger partial charge in [0.15, 0.2) is 0 Å². The summed E-state index contributed by atoms with van der Waals surface area (Å²) in [7, 11) is 0. The highest BCUT2D eigenvalue weighted by Gasteiger charge is 2.44. The van der Waals surface area contributed by atoms with E-state index in [0.717, 1.165) is 18.4 Å². The zero-order valence-electron chi connectivity index (χ0n) is 7.50. The predicted molar refractivity (Wildman–Crippen MR) is 48.0 cm³/mol. The molecule has 0 bridgehead atoms. The summed E-state index contributed by atoms with van der Waals surface area (Å²) in [6.07, 6.45) is 5.51. The average Bonchev–Trinajstić information content (AvgIpc) is 2.88. The van der Waals surface area contributed by atoms with Gasteiger partial charge in [0.1, 0.15) is 5.67 Å². The van der Waals surface area contributed by atoms with Gasteiger partial charge in [-0.3, -0.25) is 0 Å². The number of hydrogen-bond acceptors (Lipinski definition) is 2. The van der Waals surface area contributed by atoms with Crippen LogP contribution in [0.1, 0.15) is 18.4 Å². The van der Waals surface area contributed by atoms with E-state index in [1.807, 2.05) is 0 Å². The van der Waals surface area contributed by atoms with Crippen LogP contribution in [0.3, 0.4) is 0 Å². The number of halogens is 1. The predicted octanol–water partition coefficient (Wildman–Crippen LogP) is 1.90. The Balaban J connectivity index is 2.05. The third kappa shape index (κ3) is 1.75. The summed E-state index contributed by atoms with van der Waals surface area (Å²) in [5, 5.41) is 0. The van der Waals surface area contributed by atoms with Crippen molar-refractivity contribution in [2.75, 3.05) is 6.54 Å². The summed E-state index contributed by atoms with van der Waals surface area (Å²) >= 11 is 0. The van der Waals surface area contributed by atoms with E-state index in [2.05, 4.69) is 0 Å². The van der Waals surface area contributed by atoms with E-state index in [4.69, 9.17) is 10.2 Å². The van der Waals surface area contributed by atoms with E-state index in [1.165, 1.54) is 0 Å². The molecule has 2 rings (SSSR count). The minimum Gasteiger partial charge on any atom is -0.472 e. The molecular weight excluding hydrogens is 169 g/mol. The van der Waals surface area contributed by atoms with Crippen molar-refractivity contribution < 1.29 is 8.81 Å². The molecule has 0 spiro atoms. The zero-order valence-corrected chi connectivity index (χ0v) is 7.50. The summed E-state index contributed by atoms with van der Waals surface area (Å²) in [6, 6.07) is 1.80. The van der Waals surface area contributed by atoms with Gasteiger partial charge in [0.05, 0.1) is 12.5 Å². The molecule has 13 heavy (non-hydrogen) atoms. The van der Waals surface area contributed by atoms with Gasteiger partial charge in [-0.2, -0.15) is 0 Å². The highest BCUT2D eigenvalue weighted by molar-refractivity contribution is 5.12. The second kappa shape index (κ2) is 3.14. The Hall–Kier alpha value is -0.830. The maximum atomic E-state index is 14.1. The van der Waals surface area contributed by atoms with E-state index in [9.17, 15) is 4.39 Å². The summed E-state index contributed by atoms with van der Waals surface area (Å²) in [6.45, 7) is 0.114. The second-order valence-corrected chi connectivity index (χ2v) is 3.82. The molecule has 1 aromatic rings. The van der Waals surface area contributed by atoms with Crippen LogP contribution in [0.5, 0.6) is 0 Å². The Labute approximate surface area is 76.9 Å². The van der Waals surface area contributed by atoms with Gasteiger partial charge < -0.3 is 10.2 Å². The smallest absolute Gasteiger partial charge is 0.130 e. The van der Waals surface area contributed by atoms with Crippen molar-refractivity contribution in [2.24, 2.45) is 11.7 Å². The normalized spacial score (nSPS) is 21.4. The molecule has 1 saturated carbocycles. The largest absolute Gasteiger partial charge is 0.472 e. The lowest BCUT2D eigenvalue weighted by Crippen LogP contribution is -2.37. The molecule has 1 fully saturated rings. The van der Waals surface area contributed by atoms with Gasteiger partial charge in [-0.15, -0.1) is 0 Å². The number of hydrogen-bond donors (Lipinski definition) is 1. The van der Waals surface area contributed by atoms with Crippen LogP contribution in [0.2, 0.25) is 0 Å². The second-order valence-electron chi connectivity index (χ2n) is 3.82. The van der Waals surface area contributed by atoms with Crippen LogP contribution in [0.4, 0.5) is 4.39 Å². The maximum Gasteiger partial charge on any atom is 0.130 e. The minimum atomic E-state index is -1.20. The van der Waals surface area contributed by atoms with Crippen molar-refractivity contribution in [3.63, 3.8) is 0 Å². The number of nitrogens with two attached hydrogens (primary N) is 1. The highest BCUT2D eigenvalue weighted by Crippen LogP contribution is 2.43. The maximum absolute atomic E-state index is 14.1. The summed E-state index contributed by atoms with van der Waals surface area (Å²) in [5.74, 6) is 0.174. The molecule has 1 aromatic heterocycles. The van der Waals surface area contributed by atoms with Crippen LogP contribution < -0.4 is 5.73 Å². The summed E-state index contributed by atoms with van der Waals surface area (Å²) < 4.78 is 19.0. The first kappa shape index (κ1) is 8.75. The molecule has 0 aliphatic heterocycles. The van der Waals surface area contributed by atoms with E-state index in [1.54, 1.807) is 18.6 Å². The first-order chi connectivity index (χ1) is 6.24. The van der Waals surface area contributed by atoms with Crippen LogP contribution in [-0.2, 0) is 6.42 Å². The topological polar surface area (TPSA) is 39.2 Å². The standard InChI is InChI=1S/C10H14FNO/c11-10(7-12,9-1-2-9)5-8-3-4-13-6-8/h3-4,6,9H,1-2,5,7,12H2. The zero-order chi connectivity index (χ0) is 9.31. The monoisotopic (exact) mass is 183 g/mol. The molecular formula is C10H14FNO. The number of alkyl halides is 1. The van der Waals surface area contributed by atoms with Crippen molar-refractivity contribution in [3.8, 4) is 0 Å². The van der Waals surface area contributed by atoms with Crippen LogP contribution in [0.25, 0.3) is 0 Å². The first-order valence-electron chi connectivity index (χ1n) is 4.65. The summed E-state index contributed by atoms with van der Waals surface area (Å²) in [4.78, 5) is 0. The lowest BCUT2D eigenvalue weighted by Gasteiger charge is -2.22.